The van der Waals surface area contributed by atoms with Gasteiger partial charge in [-0.25, -0.2) is 0 Å². The van der Waals surface area contributed by atoms with Crippen LogP contribution in [0.3, 0.4) is 0 Å². The van der Waals surface area contributed by atoms with Gasteiger partial charge in [-0.3, -0.25) is 4.90 Å². The first-order chi connectivity index (χ1) is 9.17. The van der Waals surface area contributed by atoms with Gasteiger partial charge in [-0.2, -0.15) is 0 Å². The molecule has 2 saturated carbocycles. The molecule has 3 aliphatic rings. The summed E-state index contributed by atoms with van der Waals surface area (Å²) >= 11 is 0. The standard InChI is InChI=1S/C17H32N2/c1-4-18-17-8-12(2)7-13(3)16(17)11-19-10-14-5-6-15(19)9-14/h12-18H,4-11H2,1-3H3. The summed E-state index contributed by atoms with van der Waals surface area (Å²) in [6.45, 7) is 11.1. The van der Waals surface area contributed by atoms with Crippen molar-refractivity contribution in [1.82, 2.24) is 10.2 Å². The van der Waals surface area contributed by atoms with Gasteiger partial charge in [0.05, 0.1) is 0 Å². The van der Waals surface area contributed by atoms with Crippen LogP contribution in [0.5, 0.6) is 0 Å². The lowest BCUT2D eigenvalue weighted by Gasteiger charge is -2.43. The van der Waals surface area contributed by atoms with E-state index in [4.69, 9.17) is 0 Å². The molecule has 0 aromatic carbocycles. The van der Waals surface area contributed by atoms with Gasteiger partial charge in [-0.1, -0.05) is 20.8 Å². The summed E-state index contributed by atoms with van der Waals surface area (Å²) in [5.74, 6) is 3.73. The largest absolute Gasteiger partial charge is 0.314 e. The van der Waals surface area contributed by atoms with Crippen LogP contribution in [-0.2, 0) is 0 Å². The Morgan fingerprint density at radius 1 is 1.11 bits per heavy atom. The first-order valence-corrected chi connectivity index (χ1v) is 8.64. The highest BCUT2D eigenvalue weighted by atomic mass is 15.2. The fraction of sp³-hybridized carbons (Fsp3) is 1.00. The molecular weight excluding hydrogens is 232 g/mol. The molecule has 110 valence electrons. The second-order valence-electron chi connectivity index (χ2n) is 7.67. The van der Waals surface area contributed by atoms with Crippen LogP contribution in [0, 0.1) is 23.7 Å². The van der Waals surface area contributed by atoms with Crippen LogP contribution in [0.25, 0.3) is 0 Å². The molecule has 0 aromatic heterocycles. The van der Waals surface area contributed by atoms with Crippen molar-refractivity contribution in [3.63, 3.8) is 0 Å². The van der Waals surface area contributed by atoms with Crippen molar-refractivity contribution >= 4 is 0 Å². The first kappa shape index (κ1) is 13.9. The van der Waals surface area contributed by atoms with E-state index in [0.29, 0.717) is 0 Å². The second-order valence-corrected chi connectivity index (χ2v) is 7.67. The van der Waals surface area contributed by atoms with Gasteiger partial charge in [-0.05, 0) is 62.3 Å². The van der Waals surface area contributed by atoms with E-state index >= 15 is 0 Å². The van der Waals surface area contributed by atoms with Crippen LogP contribution < -0.4 is 5.32 Å². The summed E-state index contributed by atoms with van der Waals surface area (Å²) in [6, 6.07) is 1.71. The van der Waals surface area contributed by atoms with Gasteiger partial charge in [0.15, 0.2) is 0 Å². The zero-order chi connectivity index (χ0) is 13.4. The predicted octanol–water partition coefficient (Wildman–Crippen LogP) is 3.13. The van der Waals surface area contributed by atoms with Crippen LogP contribution in [0.15, 0.2) is 0 Å². The number of nitrogens with zero attached hydrogens (tertiary/aromatic N) is 1. The molecule has 2 heteroatoms. The summed E-state index contributed by atoms with van der Waals surface area (Å²) in [7, 11) is 0. The molecule has 6 atom stereocenters. The molecule has 1 N–H and O–H groups in total. The van der Waals surface area contributed by atoms with Gasteiger partial charge in [-0.15, -0.1) is 0 Å². The minimum Gasteiger partial charge on any atom is -0.314 e. The van der Waals surface area contributed by atoms with E-state index < -0.39 is 0 Å². The third-order valence-electron chi connectivity index (χ3n) is 6.11. The van der Waals surface area contributed by atoms with E-state index in [1.54, 1.807) is 0 Å². The summed E-state index contributed by atoms with van der Waals surface area (Å²) < 4.78 is 0. The van der Waals surface area contributed by atoms with Crippen molar-refractivity contribution in [1.29, 1.82) is 0 Å². The molecule has 2 aliphatic carbocycles. The van der Waals surface area contributed by atoms with Gasteiger partial charge >= 0.3 is 0 Å². The lowest BCUT2D eigenvalue weighted by molar-refractivity contribution is 0.0869. The van der Waals surface area contributed by atoms with Gasteiger partial charge in [0.25, 0.3) is 0 Å². The smallest absolute Gasteiger partial charge is 0.0112 e. The Morgan fingerprint density at radius 3 is 2.58 bits per heavy atom. The van der Waals surface area contributed by atoms with Crippen LogP contribution in [0.2, 0.25) is 0 Å². The number of piperidine rings is 1. The Morgan fingerprint density at radius 2 is 1.95 bits per heavy atom. The van der Waals surface area contributed by atoms with E-state index in [-0.39, 0.29) is 0 Å². The molecule has 2 nitrogen and oxygen atoms in total. The maximum atomic E-state index is 3.79. The molecule has 0 amide bonds. The molecule has 3 rings (SSSR count). The van der Waals surface area contributed by atoms with Gasteiger partial charge in [0.2, 0.25) is 0 Å². The molecule has 3 fully saturated rings. The Bertz CT molecular complexity index is 304. The molecule has 1 saturated heterocycles. The monoisotopic (exact) mass is 264 g/mol. The molecule has 1 aliphatic heterocycles. The molecule has 0 aromatic rings. The second kappa shape index (κ2) is 5.73. The summed E-state index contributed by atoms with van der Waals surface area (Å²) in [6.07, 6.45) is 7.33. The van der Waals surface area contributed by atoms with E-state index in [1.807, 2.05) is 0 Å². The van der Waals surface area contributed by atoms with Crippen molar-refractivity contribution in [2.24, 2.45) is 23.7 Å². The van der Waals surface area contributed by atoms with Crippen molar-refractivity contribution in [3.05, 3.63) is 0 Å². The maximum Gasteiger partial charge on any atom is 0.0112 e. The van der Waals surface area contributed by atoms with Gasteiger partial charge in [0.1, 0.15) is 0 Å². The van der Waals surface area contributed by atoms with Crippen LogP contribution in [0.1, 0.15) is 52.9 Å². The van der Waals surface area contributed by atoms with E-state index in [9.17, 15) is 0 Å². The fourth-order valence-corrected chi connectivity index (χ4v) is 5.24. The number of nitrogens with one attached hydrogen (secondary N) is 1. The SMILES string of the molecule is CCNC1CC(C)CC(C)C1CN1CC2CCC1C2. The zero-order valence-corrected chi connectivity index (χ0v) is 13.1. The summed E-state index contributed by atoms with van der Waals surface area (Å²) in [4.78, 5) is 2.84. The minimum atomic E-state index is 0.767. The van der Waals surface area contributed by atoms with Crippen molar-refractivity contribution < 1.29 is 0 Å². The molecule has 0 spiro atoms. The van der Waals surface area contributed by atoms with Crippen LogP contribution >= 0.6 is 0 Å². The zero-order valence-electron chi connectivity index (χ0n) is 13.1. The molecule has 6 unspecified atom stereocenters. The number of rotatable bonds is 4. The van der Waals surface area contributed by atoms with E-state index in [0.717, 1.165) is 42.3 Å². The molecule has 1 heterocycles. The summed E-state index contributed by atoms with van der Waals surface area (Å²) in [5.41, 5.74) is 0. The number of hydrogen-bond acceptors (Lipinski definition) is 2. The Balaban J connectivity index is 1.63. The highest BCUT2D eigenvalue weighted by Crippen LogP contribution is 2.40. The predicted molar refractivity (Wildman–Crippen MR) is 81.2 cm³/mol. The Kier molecular flexibility index (Phi) is 4.19. The number of likely N-dealkylation sites (tertiary alicyclic amines) is 1. The number of hydrogen-bond donors (Lipinski definition) is 1. The van der Waals surface area contributed by atoms with Crippen molar-refractivity contribution in [3.8, 4) is 0 Å². The van der Waals surface area contributed by atoms with Gasteiger partial charge in [0, 0.05) is 25.2 Å². The molecule has 19 heavy (non-hydrogen) atoms. The fourth-order valence-electron chi connectivity index (χ4n) is 5.24. The normalized spacial score (nSPS) is 46.9. The van der Waals surface area contributed by atoms with Crippen molar-refractivity contribution in [2.75, 3.05) is 19.6 Å². The Labute approximate surface area is 119 Å². The van der Waals surface area contributed by atoms with Gasteiger partial charge < -0.3 is 5.32 Å². The first-order valence-electron chi connectivity index (χ1n) is 8.64. The lowest BCUT2D eigenvalue weighted by Crippen LogP contribution is -2.50. The summed E-state index contributed by atoms with van der Waals surface area (Å²) in [5, 5.41) is 3.79. The third kappa shape index (κ3) is 2.85. The van der Waals surface area contributed by atoms with E-state index in [1.165, 1.54) is 45.2 Å². The molecular formula is C17H32N2. The van der Waals surface area contributed by atoms with Crippen LogP contribution in [0.4, 0.5) is 0 Å². The van der Waals surface area contributed by atoms with Crippen LogP contribution in [-0.4, -0.2) is 36.6 Å². The highest BCUT2D eigenvalue weighted by molar-refractivity contribution is 4.96. The maximum absolute atomic E-state index is 3.79. The topological polar surface area (TPSA) is 15.3 Å². The minimum absolute atomic E-state index is 0.767. The van der Waals surface area contributed by atoms with Crippen molar-refractivity contribution in [2.45, 2.75) is 65.0 Å². The lowest BCUT2D eigenvalue weighted by atomic mass is 9.72. The highest BCUT2D eigenvalue weighted by Gasteiger charge is 2.41. The van der Waals surface area contributed by atoms with E-state index in [2.05, 4.69) is 31.0 Å². The quantitative estimate of drug-likeness (QED) is 0.839. The average molecular weight is 264 g/mol. The molecule has 0 radical (unpaired) electrons. The Hall–Kier alpha value is -0.0800. The average Bonchev–Trinajstić information content (AvgIpc) is 2.96. The third-order valence-corrected chi connectivity index (χ3v) is 6.11. The molecule has 2 bridgehead atoms. The number of fused-ring (bicyclic) bond motifs is 2.